The Bertz CT molecular complexity index is 408. The Morgan fingerprint density at radius 1 is 1.15 bits per heavy atom. The molecule has 1 saturated heterocycles. The van der Waals surface area contributed by atoms with Crippen LogP contribution in [0.5, 0.6) is 0 Å². The molecule has 0 amide bonds. The van der Waals surface area contributed by atoms with Crippen LogP contribution in [0.4, 0.5) is 0 Å². The lowest BCUT2D eigenvalue weighted by Gasteiger charge is -2.19. The number of hydrogen-bond acceptors (Lipinski definition) is 5. The van der Waals surface area contributed by atoms with E-state index in [9.17, 15) is 0 Å². The van der Waals surface area contributed by atoms with Crippen LogP contribution in [0.3, 0.4) is 0 Å². The second kappa shape index (κ2) is 6.68. The second-order valence-electron chi connectivity index (χ2n) is 6.37. The molecule has 2 heterocycles. The first-order chi connectivity index (χ1) is 9.81. The molecule has 2 aliphatic rings. The molecule has 1 aliphatic carbocycles. The monoisotopic (exact) mass is 278 g/mol. The van der Waals surface area contributed by atoms with E-state index in [0.29, 0.717) is 5.82 Å². The summed E-state index contributed by atoms with van der Waals surface area (Å²) in [6.07, 6.45) is 10.2. The van der Waals surface area contributed by atoms with Crippen LogP contribution < -0.4 is 5.73 Å². The lowest BCUT2D eigenvalue weighted by Crippen LogP contribution is -2.30. The molecule has 3 rings (SSSR count). The predicted molar refractivity (Wildman–Crippen MR) is 77.2 cm³/mol. The first-order valence-electron chi connectivity index (χ1n) is 8.11. The van der Waals surface area contributed by atoms with Gasteiger partial charge in [0.2, 0.25) is 5.89 Å². The van der Waals surface area contributed by atoms with Crippen molar-refractivity contribution in [1.29, 1.82) is 0 Å². The summed E-state index contributed by atoms with van der Waals surface area (Å²) >= 11 is 0. The molecule has 5 nitrogen and oxygen atoms in total. The van der Waals surface area contributed by atoms with Gasteiger partial charge in [-0.2, -0.15) is 4.98 Å². The quantitative estimate of drug-likeness (QED) is 0.895. The van der Waals surface area contributed by atoms with Gasteiger partial charge in [-0.05, 0) is 44.7 Å². The van der Waals surface area contributed by atoms with Crippen LogP contribution in [-0.4, -0.2) is 34.7 Å². The van der Waals surface area contributed by atoms with Gasteiger partial charge in [0.15, 0.2) is 5.82 Å². The molecular weight excluding hydrogens is 252 g/mol. The van der Waals surface area contributed by atoms with Crippen molar-refractivity contribution in [3.63, 3.8) is 0 Å². The summed E-state index contributed by atoms with van der Waals surface area (Å²) in [5.41, 5.74) is 6.19. The van der Waals surface area contributed by atoms with Crippen LogP contribution >= 0.6 is 0 Å². The van der Waals surface area contributed by atoms with Gasteiger partial charge in [0.25, 0.3) is 0 Å². The first kappa shape index (κ1) is 14.0. The zero-order valence-corrected chi connectivity index (χ0v) is 12.3. The summed E-state index contributed by atoms with van der Waals surface area (Å²) in [7, 11) is 0. The lowest BCUT2D eigenvalue weighted by molar-refractivity contribution is 0.295. The van der Waals surface area contributed by atoms with E-state index in [0.717, 1.165) is 37.9 Å². The zero-order chi connectivity index (χ0) is 13.8. The summed E-state index contributed by atoms with van der Waals surface area (Å²) < 4.78 is 5.39. The highest BCUT2D eigenvalue weighted by Crippen LogP contribution is 2.26. The number of nitrogens with two attached hydrogens (primary N) is 1. The SMILES string of the molecule is NC(CN1CCCC1)c1noc(CC2CCCCC2)n1. The van der Waals surface area contributed by atoms with Crippen LogP contribution in [0, 0.1) is 5.92 Å². The van der Waals surface area contributed by atoms with Crippen LogP contribution in [0.15, 0.2) is 4.52 Å². The molecule has 1 saturated carbocycles. The Labute approximate surface area is 120 Å². The maximum atomic E-state index is 6.19. The molecule has 20 heavy (non-hydrogen) atoms. The van der Waals surface area contributed by atoms with Gasteiger partial charge in [0.05, 0.1) is 6.04 Å². The van der Waals surface area contributed by atoms with E-state index in [-0.39, 0.29) is 6.04 Å². The first-order valence-corrected chi connectivity index (χ1v) is 8.11. The van der Waals surface area contributed by atoms with Gasteiger partial charge >= 0.3 is 0 Å². The third-order valence-electron chi connectivity index (χ3n) is 4.66. The lowest BCUT2D eigenvalue weighted by atomic mass is 9.87. The summed E-state index contributed by atoms with van der Waals surface area (Å²) in [6, 6.07) is -0.114. The molecule has 0 spiro atoms. The molecule has 0 radical (unpaired) electrons. The van der Waals surface area contributed by atoms with E-state index >= 15 is 0 Å². The van der Waals surface area contributed by atoms with E-state index in [1.807, 2.05) is 0 Å². The largest absolute Gasteiger partial charge is 0.339 e. The van der Waals surface area contributed by atoms with Gasteiger partial charge in [-0.25, -0.2) is 0 Å². The molecule has 1 aromatic rings. The van der Waals surface area contributed by atoms with E-state index in [4.69, 9.17) is 10.3 Å². The zero-order valence-electron chi connectivity index (χ0n) is 12.3. The molecule has 0 bridgehead atoms. The van der Waals surface area contributed by atoms with Crippen LogP contribution in [-0.2, 0) is 6.42 Å². The summed E-state index contributed by atoms with van der Waals surface area (Å²) in [5.74, 6) is 2.19. The minimum absolute atomic E-state index is 0.114. The van der Waals surface area contributed by atoms with Crippen molar-refractivity contribution in [2.24, 2.45) is 11.7 Å². The Morgan fingerprint density at radius 3 is 2.65 bits per heavy atom. The van der Waals surface area contributed by atoms with E-state index in [2.05, 4.69) is 15.0 Å². The van der Waals surface area contributed by atoms with Gasteiger partial charge in [-0.15, -0.1) is 0 Å². The van der Waals surface area contributed by atoms with Gasteiger partial charge < -0.3 is 15.2 Å². The fourth-order valence-electron chi connectivity index (χ4n) is 3.46. The summed E-state index contributed by atoms with van der Waals surface area (Å²) in [4.78, 5) is 6.91. The maximum Gasteiger partial charge on any atom is 0.226 e. The normalized spacial score (nSPS) is 23.2. The minimum Gasteiger partial charge on any atom is -0.339 e. The van der Waals surface area contributed by atoms with E-state index in [1.54, 1.807) is 0 Å². The number of likely N-dealkylation sites (tertiary alicyclic amines) is 1. The molecule has 1 aliphatic heterocycles. The van der Waals surface area contributed by atoms with E-state index in [1.165, 1.54) is 44.9 Å². The van der Waals surface area contributed by atoms with Gasteiger partial charge in [0, 0.05) is 13.0 Å². The number of hydrogen-bond donors (Lipinski definition) is 1. The van der Waals surface area contributed by atoms with Gasteiger partial charge in [-0.1, -0.05) is 24.4 Å². The van der Waals surface area contributed by atoms with Crippen molar-refractivity contribution in [2.75, 3.05) is 19.6 Å². The van der Waals surface area contributed by atoms with Crippen molar-refractivity contribution in [1.82, 2.24) is 15.0 Å². The molecule has 112 valence electrons. The van der Waals surface area contributed by atoms with Crippen molar-refractivity contribution in [3.05, 3.63) is 11.7 Å². The third kappa shape index (κ3) is 3.58. The number of aromatic nitrogens is 2. The van der Waals surface area contributed by atoms with Gasteiger partial charge in [0.1, 0.15) is 0 Å². The van der Waals surface area contributed by atoms with Crippen LogP contribution in [0.1, 0.15) is 62.7 Å². The Morgan fingerprint density at radius 2 is 1.90 bits per heavy atom. The highest BCUT2D eigenvalue weighted by Gasteiger charge is 2.22. The van der Waals surface area contributed by atoms with E-state index < -0.39 is 0 Å². The summed E-state index contributed by atoms with van der Waals surface area (Å²) in [5, 5.41) is 4.09. The predicted octanol–water partition coefficient (Wildman–Crippen LogP) is 2.29. The Balaban J connectivity index is 1.52. The maximum absolute atomic E-state index is 6.19. The fourth-order valence-corrected chi connectivity index (χ4v) is 3.46. The summed E-state index contributed by atoms with van der Waals surface area (Å²) in [6.45, 7) is 3.16. The van der Waals surface area contributed by atoms with Crippen molar-refractivity contribution < 1.29 is 4.52 Å². The molecule has 1 atom stereocenters. The molecular formula is C15H26N4O. The average molecular weight is 278 g/mol. The Hall–Kier alpha value is -0.940. The molecule has 1 aromatic heterocycles. The number of nitrogens with zero attached hydrogens (tertiary/aromatic N) is 3. The molecule has 0 aromatic carbocycles. The fraction of sp³-hybridized carbons (Fsp3) is 0.867. The van der Waals surface area contributed by atoms with Crippen LogP contribution in [0.2, 0.25) is 0 Å². The van der Waals surface area contributed by atoms with Gasteiger partial charge in [-0.3, -0.25) is 0 Å². The minimum atomic E-state index is -0.114. The highest BCUT2D eigenvalue weighted by molar-refractivity contribution is 4.95. The van der Waals surface area contributed by atoms with Crippen LogP contribution in [0.25, 0.3) is 0 Å². The molecule has 2 N–H and O–H groups in total. The molecule has 5 heteroatoms. The van der Waals surface area contributed by atoms with Crippen molar-refractivity contribution in [2.45, 2.75) is 57.4 Å². The second-order valence-corrected chi connectivity index (χ2v) is 6.37. The molecule has 1 unspecified atom stereocenters. The number of rotatable bonds is 5. The Kier molecular flexibility index (Phi) is 4.68. The van der Waals surface area contributed by atoms with Crippen molar-refractivity contribution >= 4 is 0 Å². The average Bonchev–Trinajstić information content (AvgIpc) is 3.11. The van der Waals surface area contributed by atoms with Crippen molar-refractivity contribution in [3.8, 4) is 0 Å². The smallest absolute Gasteiger partial charge is 0.226 e. The highest BCUT2D eigenvalue weighted by atomic mass is 16.5. The standard InChI is InChI=1S/C15H26N4O/c16-13(11-19-8-4-5-9-19)15-17-14(20-18-15)10-12-6-2-1-3-7-12/h12-13H,1-11,16H2. The topological polar surface area (TPSA) is 68.2 Å². The third-order valence-corrected chi connectivity index (χ3v) is 4.66. The molecule has 2 fully saturated rings.